The molecule has 0 bridgehead atoms. The molecule has 1 aliphatic heterocycles. The Morgan fingerprint density at radius 2 is 1.94 bits per heavy atom. The second-order valence-electron chi connectivity index (χ2n) is 4.85. The van der Waals surface area contributed by atoms with E-state index in [2.05, 4.69) is 41.2 Å². The van der Waals surface area contributed by atoms with E-state index < -0.39 is 0 Å². The highest BCUT2D eigenvalue weighted by Crippen LogP contribution is 2.12. The Morgan fingerprint density at radius 1 is 1.28 bits per heavy atom. The molecule has 0 aromatic heterocycles. The Morgan fingerprint density at radius 3 is 2.50 bits per heavy atom. The summed E-state index contributed by atoms with van der Waals surface area (Å²) in [5.74, 6) is 0.859. The average molecular weight is 256 g/mol. The van der Waals surface area contributed by atoms with E-state index in [0.29, 0.717) is 6.04 Å². The number of rotatable bonds is 8. The third kappa shape index (κ3) is 5.35. The quantitative estimate of drug-likeness (QED) is 0.370. The van der Waals surface area contributed by atoms with E-state index in [9.17, 15) is 0 Å². The van der Waals surface area contributed by atoms with Gasteiger partial charge in [-0.2, -0.15) is 0 Å². The fourth-order valence-corrected chi connectivity index (χ4v) is 2.18. The minimum atomic E-state index is 0.449. The summed E-state index contributed by atoms with van der Waals surface area (Å²) >= 11 is 0. The molecule has 2 N–H and O–H groups in total. The molecule has 18 heavy (non-hydrogen) atoms. The van der Waals surface area contributed by atoms with Crippen molar-refractivity contribution in [2.45, 2.75) is 19.4 Å². The largest absolute Gasteiger partial charge is 0.502 e. The monoisotopic (exact) mass is 256 g/mol. The normalized spacial score (nSPS) is 19.7. The van der Waals surface area contributed by atoms with E-state index in [-0.39, 0.29) is 0 Å². The SMILES string of the molecule is C=C(CC(CNNCC)N1CCN(C)CC1)OC. The van der Waals surface area contributed by atoms with Crippen molar-refractivity contribution < 1.29 is 4.74 Å². The van der Waals surface area contributed by atoms with E-state index >= 15 is 0 Å². The molecule has 1 atom stereocenters. The Hall–Kier alpha value is -0.620. The molecule has 0 saturated carbocycles. The maximum absolute atomic E-state index is 5.22. The third-order valence-corrected chi connectivity index (χ3v) is 3.45. The van der Waals surface area contributed by atoms with Crippen LogP contribution in [0.3, 0.4) is 0 Å². The maximum atomic E-state index is 5.22. The number of methoxy groups -OCH3 is 1. The lowest BCUT2D eigenvalue weighted by molar-refractivity contribution is 0.0994. The van der Waals surface area contributed by atoms with Gasteiger partial charge in [-0.05, 0) is 7.05 Å². The second-order valence-corrected chi connectivity index (χ2v) is 4.85. The van der Waals surface area contributed by atoms with Gasteiger partial charge >= 0.3 is 0 Å². The Balaban J connectivity index is 2.44. The lowest BCUT2D eigenvalue weighted by atomic mass is 10.1. The summed E-state index contributed by atoms with van der Waals surface area (Å²) in [6, 6.07) is 0.449. The topological polar surface area (TPSA) is 39.8 Å². The zero-order valence-corrected chi connectivity index (χ0v) is 12.0. The van der Waals surface area contributed by atoms with Gasteiger partial charge in [0.25, 0.3) is 0 Å². The number of nitrogens with zero attached hydrogens (tertiary/aromatic N) is 2. The van der Waals surface area contributed by atoms with Gasteiger partial charge in [0, 0.05) is 51.7 Å². The highest BCUT2D eigenvalue weighted by atomic mass is 16.5. The van der Waals surface area contributed by atoms with Gasteiger partial charge in [-0.1, -0.05) is 13.5 Å². The molecule has 1 unspecified atom stereocenters. The standard InChI is InChI=1S/C13H28N4O/c1-5-14-15-11-13(10-12(2)18-4)17-8-6-16(3)7-9-17/h13-15H,2,5-11H2,1,3-4H3. The molecule has 106 valence electrons. The molecule has 0 radical (unpaired) electrons. The molecular formula is C13H28N4O. The van der Waals surface area contributed by atoms with Crippen LogP contribution < -0.4 is 10.9 Å². The molecule has 1 heterocycles. The molecule has 1 fully saturated rings. The van der Waals surface area contributed by atoms with Gasteiger partial charge in [-0.3, -0.25) is 15.8 Å². The second kappa shape index (κ2) is 8.48. The van der Waals surface area contributed by atoms with E-state index in [4.69, 9.17) is 4.74 Å². The van der Waals surface area contributed by atoms with Crippen molar-refractivity contribution in [3.05, 3.63) is 12.3 Å². The van der Waals surface area contributed by atoms with Crippen LogP contribution in [-0.4, -0.2) is 69.3 Å². The number of piperazine rings is 1. The van der Waals surface area contributed by atoms with Gasteiger partial charge in [0.15, 0.2) is 0 Å². The summed E-state index contributed by atoms with van der Waals surface area (Å²) in [6.45, 7) is 12.4. The number of hydrogen-bond acceptors (Lipinski definition) is 5. The lowest BCUT2D eigenvalue weighted by Crippen LogP contribution is -2.53. The number of likely N-dealkylation sites (N-methyl/N-ethyl adjacent to an activating group) is 1. The molecule has 0 spiro atoms. The summed E-state index contributed by atoms with van der Waals surface area (Å²) in [6.07, 6.45) is 0.888. The van der Waals surface area contributed by atoms with Crippen LogP contribution in [0.4, 0.5) is 0 Å². The van der Waals surface area contributed by atoms with Gasteiger partial charge in [0.1, 0.15) is 0 Å². The summed E-state index contributed by atoms with van der Waals surface area (Å²) in [7, 11) is 3.87. The molecule has 0 aromatic carbocycles. The van der Waals surface area contributed by atoms with E-state index in [1.807, 2.05) is 0 Å². The van der Waals surface area contributed by atoms with E-state index in [0.717, 1.165) is 51.4 Å². The molecule has 1 saturated heterocycles. The lowest BCUT2D eigenvalue weighted by Gasteiger charge is -2.38. The van der Waals surface area contributed by atoms with Crippen molar-refractivity contribution in [2.24, 2.45) is 0 Å². The highest BCUT2D eigenvalue weighted by molar-refractivity contribution is 4.91. The van der Waals surface area contributed by atoms with Gasteiger partial charge in [0.2, 0.25) is 0 Å². The number of nitrogens with one attached hydrogen (secondary N) is 2. The van der Waals surface area contributed by atoms with Crippen molar-refractivity contribution in [3.8, 4) is 0 Å². The number of hydrazine groups is 1. The molecule has 0 amide bonds. The Bertz CT molecular complexity index is 239. The predicted molar refractivity (Wildman–Crippen MR) is 75.3 cm³/mol. The summed E-state index contributed by atoms with van der Waals surface area (Å²) in [4.78, 5) is 4.89. The van der Waals surface area contributed by atoms with Crippen molar-refractivity contribution >= 4 is 0 Å². The molecule has 0 aromatic rings. The van der Waals surface area contributed by atoms with Gasteiger partial charge < -0.3 is 9.64 Å². The smallest absolute Gasteiger partial charge is 0.0900 e. The minimum absolute atomic E-state index is 0.449. The molecule has 1 rings (SSSR count). The Kier molecular flexibility index (Phi) is 7.27. The van der Waals surface area contributed by atoms with Crippen LogP contribution >= 0.6 is 0 Å². The van der Waals surface area contributed by atoms with Crippen LogP contribution in [0.15, 0.2) is 12.3 Å². The first kappa shape index (κ1) is 15.4. The minimum Gasteiger partial charge on any atom is -0.502 e. The van der Waals surface area contributed by atoms with Crippen molar-refractivity contribution in [1.29, 1.82) is 0 Å². The first-order valence-electron chi connectivity index (χ1n) is 6.77. The zero-order chi connectivity index (χ0) is 13.4. The van der Waals surface area contributed by atoms with Crippen molar-refractivity contribution in [1.82, 2.24) is 20.7 Å². The van der Waals surface area contributed by atoms with Crippen molar-refractivity contribution in [3.63, 3.8) is 0 Å². The van der Waals surface area contributed by atoms with Crippen LogP contribution in [-0.2, 0) is 4.74 Å². The van der Waals surface area contributed by atoms with Gasteiger partial charge in [0.05, 0.1) is 12.9 Å². The summed E-state index contributed by atoms with van der Waals surface area (Å²) < 4.78 is 5.22. The van der Waals surface area contributed by atoms with Crippen LogP contribution in [0.2, 0.25) is 0 Å². The number of hydrogen-bond donors (Lipinski definition) is 2. The van der Waals surface area contributed by atoms with E-state index in [1.54, 1.807) is 7.11 Å². The third-order valence-electron chi connectivity index (χ3n) is 3.45. The van der Waals surface area contributed by atoms with E-state index in [1.165, 1.54) is 0 Å². The van der Waals surface area contributed by atoms with Crippen LogP contribution in [0.5, 0.6) is 0 Å². The van der Waals surface area contributed by atoms with Crippen molar-refractivity contribution in [2.75, 3.05) is 53.4 Å². The molecular weight excluding hydrogens is 228 g/mol. The van der Waals surface area contributed by atoms with Gasteiger partial charge in [-0.15, -0.1) is 0 Å². The predicted octanol–water partition coefficient (Wildman–Crippen LogP) is 0.267. The number of ether oxygens (including phenoxy) is 1. The fourth-order valence-electron chi connectivity index (χ4n) is 2.18. The fraction of sp³-hybridized carbons (Fsp3) is 0.846. The summed E-state index contributed by atoms with van der Waals surface area (Å²) in [5, 5.41) is 0. The molecule has 5 nitrogen and oxygen atoms in total. The average Bonchev–Trinajstić information content (AvgIpc) is 2.38. The molecule has 0 aliphatic carbocycles. The Labute approximate surface area is 111 Å². The first-order valence-corrected chi connectivity index (χ1v) is 6.77. The van der Waals surface area contributed by atoms with Gasteiger partial charge in [-0.25, -0.2) is 0 Å². The molecule has 5 heteroatoms. The summed E-state index contributed by atoms with van der Waals surface area (Å²) in [5.41, 5.74) is 6.43. The van der Waals surface area contributed by atoms with Crippen LogP contribution in [0, 0.1) is 0 Å². The molecule has 1 aliphatic rings. The van der Waals surface area contributed by atoms with Crippen LogP contribution in [0.25, 0.3) is 0 Å². The maximum Gasteiger partial charge on any atom is 0.0900 e. The highest BCUT2D eigenvalue weighted by Gasteiger charge is 2.22. The zero-order valence-electron chi connectivity index (χ0n) is 12.0. The first-order chi connectivity index (χ1) is 8.67. The van der Waals surface area contributed by atoms with Crippen LogP contribution in [0.1, 0.15) is 13.3 Å².